The monoisotopic (exact) mass is 190 g/mol. The zero-order valence-electron chi connectivity index (χ0n) is 8.86. The summed E-state index contributed by atoms with van der Waals surface area (Å²) in [4.78, 5) is 2.11. The molecule has 0 fully saturated rings. The topological polar surface area (TPSA) is 58.7 Å². The normalized spacial score (nSPS) is 16.2. The van der Waals surface area contributed by atoms with Crippen LogP contribution in [0.5, 0.6) is 0 Å². The molecule has 0 aromatic carbocycles. The predicted molar refractivity (Wildman–Crippen MR) is 53.6 cm³/mol. The highest BCUT2D eigenvalue weighted by molar-refractivity contribution is 4.65. The van der Waals surface area contributed by atoms with Gasteiger partial charge in [0, 0.05) is 26.2 Å². The first-order valence-electron chi connectivity index (χ1n) is 4.67. The molecule has 80 valence electrons. The van der Waals surface area contributed by atoms with Crippen molar-refractivity contribution >= 4 is 0 Å². The average molecular weight is 190 g/mol. The fraction of sp³-hybridized carbons (Fsp3) is 1.00. The highest BCUT2D eigenvalue weighted by Gasteiger charge is 2.06. The molecule has 0 saturated heterocycles. The van der Waals surface area contributed by atoms with E-state index in [9.17, 15) is 0 Å². The Balaban J connectivity index is 3.43. The number of ether oxygens (including phenoxy) is 1. The van der Waals surface area contributed by atoms with Crippen molar-refractivity contribution in [3.8, 4) is 0 Å². The van der Waals surface area contributed by atoms with E-state index < -0.39 is 0 Å². The minimum absolute atomic E-state index is 0.0593. The van der Waals surface area contributed by atoms with Crippen molar-refractivity contribution in [2.75, 3.05) is 33.9 Å². The highest BCUT2D eigenvalue weighted by Crippen LogP contribution is 1.94. The molecule has 4 heteroatoms. The molecule has 0 radical (unpaired) electrons. The third-order valence-corrected chi connectivity index (χ3v) is 1.86. The Morgan fingerprint density at radius 3 is 2.62 bits per heavy atom. The Morgan fingerprint density at radius 2 is 2.15 bits per heavy atom. The summed E-state index contributed by atoms with van der Waals surface area (Å²) in [5.74, 6) is 0. The Hall–Kier alpha value is -0.160. The van der Waals surface area contributed by atoms with Gasteiger partial charge in [-0.3, -0.25) is 0 Å². The second-order valence-corrected chi connectivity index (χ2v) is 3.62. The number of nitrogens with two attached hydrogens (primary N) is 1. The minimum atomic E-state index is -0.235. The minimum Gasteiger partial charge on any atom is -0.393 e. The van der Waals surface area contributed by atoms with Gasteiger partial charge in [-0.1, -0.05) is 0 Å². The molecule has 0 spiro atoms. The van der Waals surface area contributed by atoms with Crippen LogP contribution in [-0.4, -0.2) is 56.0 Å². The number of hydrogen-bond donors (Lipinski definition) is 2. The second-order valence-electron chi connectivity index (χ2n) is 3.62. The van der Waals surface area contributed by atoms with Gasteiger partial charge in [0.2, 0.25) is 0 Å². The summed E-state index contributed by atoms with van der Waals surface area (Å²) in [6.45, 7) is 4.05. The molecule has 0 amide bonds. The molecule has 0 rings (SSSR count). The van der Waals surface area contributed by atoms with Crippen LogP contribution in [0.2, 0.25) is 0 Å². The summed E-state index contributed by atoms with van der Waals surface area (Å²) in [6.07, 6.45) is 0.553. The maximum Gasteiger partial charge on any atom is 0.0626 e. The van der Waals surface area contributed by atoms with Crippen LogP contribution in [-0.2, 0) is 4.74 Å². The van der Waals surface area contributed by atoms with E-state index >= 15 is 0 Å². The van der Waals surface area contributed by atoms with Crippen molar-refractivity contribution < 1.29 is 9.84 Å². The Labute approximate surface area is 80.7 Å². The molecule has 0 aliphatic heterocycles. The SMILES string of the molecule is COCC(N)CN(C)CCC(C)O. The van der Waals surface area contributed by atoms with Gasteiger partial charge in [-0.05, 0) is 20.4 Å². The third-order valence-electron chi connectivity index (χ3n) is 1.86. The zero-order chi connectivity index (χ0) is 10.3. The van der Waals surface area contributed by atoms with Gasteiger partial charge in [0.25, 0.3) is 0 Å². The van der Waals surface area contributed by atoms with Gasteiger partial charge in [-0.2, -0.15) is 0 Å². The van der Waals surface area contributed by atoms with E-state index in [0.29, 0.717) is 6.61 Å². The van der Waals surface area contributed by atoms with Gasteiger partial charge in [0.05, 0.1) is 12.7 Å². The summed E-state index contributed by atoms with van der Waals surface area (Å²) in [7, 11) is 3.65. The molecular weight excluding hydrogens is 168 g/mol. The molecule has 0 aliphatic rings. The van der Waals surface area contributed by atoms with E-state index in [0.717, 1.165) is 19.5 Å². The maximum atomic E-state index is 9.06. The fourth-order valence-corrected chi connectivity index (χ4v) is 1.17. The zero-order valence-corrected chi connectivity index (χ0v) is 8.86. The van der Waals surface area contributed by atoms with Crippen LogP contribution >= 0.6 is 0 Å². The third kappa shape index (κ3) is 8.18. The fourth-order valence-electron chi connectivity index (χ4n) is 1.17. The average Bonchev–Trinajstić information content (AvgIpc) is 2.01. The molecule has 0 saturated carbocycles. The number of methoxy groups -OCH3 is 1. The lowest BCUT2D eigenvalue weighted by Gasteiger charge is -2.21. The molecule has 0 aromatic heterocycles. The lowest BCUT2D eigenvalue weighted by atomic mass is 10.2. The van der Waals surface area contributed by atoms with Crippen molar-refractivity contribution in [3.63, 3.8) is 0 Å². The van der Waals surface area contributed by atoms with E-state index in [-0.39, 0.29) is 12.1 Å². The Bertz CT molecular complexity index is 120. The van der Waals surface area contributed by atoms with Crippen LogP contribution in [0.4, 0.5) is 0 Å². The summed E-state index contributed by atoms with van der Waals surface area (Å²) >= 11 is 0. The van der Waals surface area contributed by atoms with Gasteiger partial charge >= 0.3 is 0 Å². The molecule has 3 N–H and O–H groups in total. The number of hydrogen-bond acceptors (Lipinski definition) is 4. The summed E-state index contributed by atoms with van der Waals surface area (Å²) in [5, 5.41) is 9.06. The van der Waals surface area contributed by atoms with Crippen LogP contribution in [0.15, 0.2) is 0 Å². The van der Waals surface area contributed by atoms with Crippen molar-refractivity contribution in [2.24, 2.45) is 5.73 Å². The maximum absolute atomic E-state index is 9.06. The van der Waals surface area contributed by atoms with Crippen LogP contribution < -0.4 is 5.73 Å². The van der Waals surface area contributed by atoms with Gasteiger partial charge < -0.3 is 20.5 Å². The predicted octanol–water partition coefficient (Wildman–Crippen LogP) is -0.337. The molecule has 2 atom stereocenters. The molecule has 13 heavy (non-hydrogen) atoms. The lowest BCUT2D eigenvalue weighted by molar-refractivity contribution is 0.143. The molecule has 4 nitrogen and oxygen atoms in total. The standard InChI is InChI=1S/C9H22N2O2/c1-8(12)4-5-11(2)6-9(10)7-13-3/h8-9,12H,4-7,10H2,1-3H3. The van der Waals surface area contributed by atoms with Crippen molar-refractivity contribution in [1.82, 2.24) is 4.90 Å². The number of aliphatic hydroxyl groups is 1. The highest BCUT2D eigenvalue weighted by atomic mass is 16.5. The largest absolute Gasteiger partial charge is 0.393 e. The number of nitrogens with zero attached hydrogens (tertiary/aromatic N) is 1. The van der Waals surface area contributed by atoms with Gasteiger partial charge in [0.1, 0.15) is 0 Å². The van der Waals surface area contributed by atoms with Crippen LogP contribution in [0.25, 0.3) is 0 Å². The van der Waals surface area contributed by atoms with Crippen LogP contribution in [0.3, 0.4) is 0 Å². The van der Waals surface area contributed by atoms with E-state index in [1.165, 1.54) is 0 Å². The van der Waals surface area contributed by atoms with E-state index in [1.807, 2.05) is 7.05 Å². The summed E-state index contributed by atoms with van der Waals surface area (Å²) in [5.41, 5.74) is 5.76. The first-order chi connectivity index (χ1) is 6.06. The molecule has 0 heterocycles. The number of aliphatic hydroxyl groups excluding tert-OH is 1. The quantitative estimate of drug-likeness (QED) is 0.577. The van der Waals surface area contributed by atoms with Gasteiger partial charge in [-0.25, -0.2) is 0 Å². The number of rotatable bonds is 7. The summed E-state index contributed by atoms with van der Waals surface area (Å²) in [6, 6.07) is 0.0593. The van der Waals surface area contributed by atoms with Crippen LogP contribution in [0, 0.1) is 0 Å². The van der Waals surface area contributed by atoms with Crippen LogP contribution in [0.1, 0.15) is 13.3 Å². The molecule has 2 unspecified atom stereocenters. The lowest BCUT2D eigenvalue weighted by Crippen LogP contribution is -2.39. The van der Waals surface area contributed by atoms with Gasteiger partial charge in [0.15, 0.2) is 0 Å². The van der Waals surface area contributed by atoms with Crippen molar-refractivity contribution in [3.05, 3.63) is 0 Å². The van der Waals surface area contributed by atoms with Crippen molar-refractivity contribution in [1.29, 1.82) is 0 Å². The molecule has 0 aliphatic carbocycles. The molecule has 0 bridgehead atoms. The first-order valence-corrected chi connectivity index (χ1v) is 4.67. The molecule has 0 aromatic rings. The summed E-state index contributed by atoms with van der Waals surface area (Å²) < 4.78 is 4.93. The van der Waals surface area contributed by atoms with E-state index in [2.05, 4.69) is 4.90 Å². The Kier molecular flexibility index (Phi) is 7.17. The van der Waals surface area contributed by atoms with E-state index in [4.69, 9.17) is 15.6 Å². The first kappa shape index (κ1) is 12.8. The molecular formula is C9H22N2O2. The van der Waals surface area contributed by atoms with Gasteiger partial charge in [-0.15, -0.1) is 0 Å². The van der Waals surface area contributed by atoms with Crippen molar-refractivity contribution in [2.45, 2.75) is 25.5 Å². The van der Waals surface area contributed by atoms with E-state index in [1.54, 1.807) is 14.0 Å². The number of likely N-dealkylation sites (N-methyl/N-ethyl adjacent to an activating group) is 1. The Morgan fingerprint density at radius 1 is 1.54 bits per heavy atom. The smallest absolute Gasteiger partial charge is 0.0626 e. The second kappa shape index (κ2) is 7.26.